The van der Waals surface area contributed by atoms with Crippen LogP contribution in [-0.2, 0) is 4.79 Å². The van der Waals surface area contributed by atoms with Gasteiger partial charge in [-0.15, -0.1) is 0 Å². The molecule has 1 rings (SSSR count). The lowest BCUT2D eigenvalue weighted by Crippen LogP contribution is -2.22. The molecule has 0 saturated carbocycles. The van der Waals surface area contributed by atoms with E-state index in [2.05, 4.69) is 0 Å². The van der Waals surface area contributed by atoms with Crippen molar-refractivity contribution in [3.63, 3.8) is 0 Å². The average molecular weight is 194 g/mol. The van der Waals surface area contributed by atoms with Gasteiger partial charge in [0, 0.05) is 11.3 Å². The summed E-state index contributed by atoms with van der Waals surface area (Å²) in [7, 11) is 0. The SMILES string of the molecule is Cc1ccc([C@@H](N)C(=O)O)c(N)c1C. The maximum atomic E-state index is 10.7. The van der Waals surface area contributed by atoms with Gasteiger partial charge < -0.3 is 16.6 Å². The highest BCUT2D eigenvalue weighted by Gasteiger charge is 2.18. The van der Waals surface area contributed by atoms with Crippen molar-refractivity contribution in [2.45, 2.75) is 19.9 Å². The molecule has 1 atom stereocenters. The van der Waals surface area contributed by atoms with E-state index in [0.717, 1.165) is 11.1 Å². The zero-order valence-corrected chi connectivity index (χ0v) is 8.24. The summed E-state index contributed by atoms with van der Waals surface area (Å²) in [6.45, 7) is 3.77. The van der Waals surface area contributed by atoms with E-state index in [9.17, 15) is 4.79 Å². The second-order valence-corrected chi connectivity index (χ2v) is 3.33. The molecule has 1 aromatic carbocycles. The Morgan fingerprint density at radius 3 is 2.50 bits per heavy atom. The number of carboxylic acids is 1. The van der Waals surface area contributed by atoms with Crippen LogP contribution in [0.2, 0.25) is 0 Å². The summed E-state index contributed by atoms with van der Waals surface area (Å²) in [5.41, 5.74) is 14.1. The molecule has 76 valence electrons. The molecule has 1 aromatic rings. The van der Waals surface area contributed by atoms with E-state index < -0.39 is 12.0 Å². The molecule has 0 aromatic heterocycles. The minimum Gasteiger partial charge on any atom is -0.480 e. The number of carboxylic acid groups (broad SMARTS) is 1. The molecular weight excluding hydrogens is 180 g/mol. The second kappa shape index (κ2) is 3.67. The largest absolute Gasteiger partial charge is 0.480 e. The second-order valence-electron chi connectivity index (χ2n) is 3.33. The summed E-state index contributed by atoms with van der Waals surface area (Å²) in [6, 6.07) is 2.44. The molecular formula is C10H14N2O2. The van der Waals surface area contributed by atoms with Gasteiger partial charge in [-0.05, 0) is 25.0 Å². The van der Waals surface area contributed by atoms with Crippen molar-refractivity contribution >= 4 is 11.7 Å². The molecule has 5 N–H and O–H groups in total. The molecule has 0 aliphatic rings. The average Bonchev–Trinajstić information content (AvgIpc) is 2.13. The molecule has 0 heterocycles. The van der Waals surface area contributed by atoms with Gasteiger partial charge in [-0.2, -0.15) is 0 Å². The number of rotatable bonds is 2. The van der Waals surface area contributed by atoms with Gasteiger partial charge in [0.15, 0.2) is 0 Å². The standard InChI is InChI=1S/C10H14N2O2/c1-5-3-4-7(8(11)6(5)2)9(12)10(13)14/h3-4,9H,11-12H2,1-2H3,(H,13,14)/t9-/m1/s1. The third-order valence-corrected chi connectivity index (χ3v) is 2.42. The lowest BCUT2D eigenvalue weighted by atomic mass is 9.99. The summed E-state index contributed by atoms with van der Waals surface area (Å²) >= 11 is 0. The van der Waals surface area contributed by atoms with Crippen LogP contribution in [0.25, 0.3) is 0 Å². The van der Waals surface area contributed by atoms with Crippen molar-refractivity contribution in [1.29, 1.82) is 0 Å². The van der Waals surface area contributed by atoms with Gasteiger partial charge in [0.1, 0.15) is 6.04 Å². The van der Waals surface area contributed by atoms with Crippen LogP contribution in [0.3, 0.4) is 0 Å². The molecule has 14 heavy (non-hydrogen) atoms. The van der Waals surface area contributed by atoms with Crippen molar-refractivity contribution in [2.75, 3.05) is 5.73 Å². The Labute approximate surface area is 82.5 Å². The number of hydrogen-bond acceptors (Lipinski definition) is 3. The summed E-state index contributed by atoms with van der Waals surface area (Å²) < 4.78 is 0. The maximum absolute atomic E-state index is 10.7. The third-order valence-electron chi connectivity index (χ3n) is 2.42. The highest BCUT2D eigenvalue weighted by Crippen LogP contribution is 2.24. The first kappa shape index (κ1) is 10.5. The summed E-state index contributed by atoms with van der Waals surface area (Å²) in [4.78, 5) is 10.7. The highest BCUT2D eigenvalue weighted by molar-refractivity contribution is 5.78. The van der Waals surface area contributed by atoms with Crippen molar-refractivity contribution in [1.82, 2.24) is 0 Å². The van der Waals surface area contributed by atoms with E-state index in [1.807, 2.05) is 19.9 Å². The molecule has 0 unspecified atom stereocenters. The zero-order chi connectivity index (χ0) is 10.9. The lowest BCUT2D eigenvalue weighted by Gasteiger charge is -2.13. The molecule has 0 spiro atoms. The smallest absolute Gasteiger partial charge is 0.325 e. The minimum atomic E-state index is -1.07. The third kappa shape index (κ3) is 1.70. The van der Waals surface area contributed by atoms with Crippen LogP contribution in [0.15, 0.2) is 12.1 Å². The van der Waals surface area contributed by atoms with Gasteiger partial charge >= 0.3 is 5.97 Å². The number of hydrogen-bond donors (Lipinski definition) is 3. The lowest BCUT2D eigenvalue weighted by molar-refractivity contribution is -0.138. The fourth-order valence-electron chi connectivity index (χ4n) is 1.26. The van der Waals surface area contributed by atoms with Crippen molar-refractivity contribution in [3.05, 3.63) is 28.8 Å². The van der Waals surface area contributed by atoms with E-state index in [-0.39, 0.29) is 0 Å². The maximum Gasteiger partial charge on any atom is 0.325 e. The first-order chi connectivity index (χ1) is 6.45. The highest BCUT2D eigenvalue weighted by atomic mass is 16.4. The molecule has 0 radical (unpaired) electrons. The van der Waals surface area contributed by atoms with Crippen molar-refractivity contribution in [2.24, 2.45) is 5.73 Å². The van der Waals surface area contributed by atoms with Crippen molar-refractivity contribution in [3.8, 4) is 0 Å². The van der Waals surface area contributed by atoms with Gasteiger partial charge in [-0.3, -0.25) is 4.79 Å². The Kier molecular flexibility index (Phi) is 2.76. The van der Waals surface area contributed by atoms with E-state index >= 15 is 0 Å². The van der Waals surface area contributed by atoms with Crippen LogP contribution in [0.1, 0.15) is 22.7 Å². The fraction of sp³-hybridized carbons (Fsp3) is 0.300. The first-order valence-corrected chi connectivity index (χ1v) is 4.29. The molecule has 4 heteroatoms. The normalized spacial score (nSPS) is 12.5. The Balaban J connectivity index is 3.24. The molecule has 0 amide bonds. The van der Waals surface area contributed by atoms with Crippen molar-refractivity contribution < 1.29 is 9.90 Å². The van der Waals surface area contributed by atoms with Crippen LogP contribution >= 0.6 is 0 Å². The molecule has 0 aliphatic heterocycles. The van der Waals surface area contributed by atoms with Crippen LogP contribution in [0, 0.1) is 13.8 Å². The van der Waals surface area contributed by atoms with Crippen LogP contribution in [0.4, 0.5) is 5.69 Å². The Hall–Kier alpha value is -1.55. The van der Waals surface area contributed by atoms with E-state index in [0.29, 0.717) is 11.3 Å². The number of anilines is 1. The van der Waals surface area contributed by atoms with Crippen LogP contribution in [-0.4, -0.2) is 11.1 Å². The zero-order valence-electron chi connectivity index (χ0n) is 8.24. The number of nitrogen functional groups attached to an aromatic ring is 1. The molecule has 4 nitrogen and oxygen atoms in total. The number of aliphatic carboxylic acids is 1. The number of carbonyl (C=O) groups is 1. The predicted molar refractivity (Wildman–Crippen MR) is 54.9 cm³/mol. The summed E-state index contributed by atoms with van der Waals surface area (Å²) in [5, 5.41) is 8.74. The van der Waals surface area contributed by atoms with Gasteiger partial charge in [-0.25, -0.2) is 0 Å². The molecule has 0 fully saturated rings. The van der Waals surface area contributed by atoms with E-state index in [4.69, 9.17) is 16.6 Å². The first-order valence-electron chi connectivity index (χ1n) is 4.29. The monoisotopic (exact) mass is 194 g/mol. The van der Waals surface area contributed by atoms with Gasteiger partial charge in [0.2, 0.25) is 0 Å². The van der Waals surface area contributed by atoms with Gasteiger partial charge in [0.05, 0.1) is 0 Å². The minimum absolute atomic E-state index is 0.472. The van der Waals surface area contributed by atoms with E-state index in [1.165, 1.54) is 0 Å². The quantitative estimate of drug-likeness (QED) is 0.612. The predicted octanol–water partition coefficient (Wildman–Crippen LogP) is 0.970. The van der Waals surface area contributed by atoms with E-state index in [1.54, 1.807) is 6.07 Å². The molecule has 0 aliphatic carbocycles. The fourth-order valence-corrected chi connectivity index (χ4v) is 1.26. The molecule has 0 saturated heterocycles. The Morgan fingerprint density at radius 2 is 2.00 bits per heavy atom. The van der Waals surface area contributed by atoms with Crippen LogP contribution in [0.5, 0.6) is 0 Å². The van der Waals surface area contributed by atoms with Crippen LogP contribution < -0.4 is 11.5 Å². The number of benzene rings is 1. The Bertz CT molecular complexity index is 375. The number of nitrogens with two attached hydrogens (primary N) is 2. The molecule has 0 bridgehead atoms. The Morgan fingerprint density at radius 1 is 1.43 bits per heavy atom. The number of aryl methyl sites for hydroxylation is 1. The summed E-state index contributed by atoms with van der Waals surface area (Å²) in [5.74, 6) is -1.07. The van der Waals surface area contributed by atoms with Gasteiger partial charge in [0.25, 0.3) is 0 Å². The van der Waals surface area contributed by atoms with Gasteiger partial charge in [-0.1, -0.05) is 12.1 Å². The topological polar surface area (TPSA) is 89.3 Å². The summed E-state index contributed by atoms with van der Waals surface area (Å²) in [6.07, 6.45) is 0.